The molecular formula is C13H16BrF3O. The van der Waals surface area contributed by atoms with Crippen molar-refractivity contribution in [3.63, 3.8) is 0 Å². The van der Waals surface area contributed by atoms with Crippen molar-refractivity contribution in [3.8, 4) is 5.75 Å². The van der Waals surface area contributed by atoms with Crippen LogP contribution in [0.1, 0.15) is 50.7 Å². The number of ether oxygens (including phenoxy) is 1. The van der Waals surface area contributed by atoms with Crippen molar-refractivity contribution in [2.45, 2.75) is 45.9 Å². The lowest BCUT2D eigenvalue weighted by atomic mass is 9.95. The van der Waals surface area contributed by atoms with Gasteiger partial charge in [0.15, 0.2) is 0 Å². The number of hydrogen-bond acceptors (Lipinski definition) is 1. The van der Waals surface area contributed by atoms with E-state index in [0.717, 1.165) is 15.6 Å². The monoisotopic (exact) mass is 324 g/mol. The van der Waals surface area contributed by atoms with E-state index < -0.39 is 6.36 Å². The molecule has 0 amide bonds. The van der Waals surface area contributed by atoms with Crippen LogP contribution >= 0.6 is 15.9 Å². The Morgan fingerprint density at radius 1 is 1.00 bits per heavy atom. The Labute approximate surface area is 113 Å². The van der Waals surface area contributed by atoms with E-state index in [1.165, 1.54) is 12.1 Å². The quantitative estimate of drug-likeness (QED) is 0.703. The van der Waals surface area contributed by atoms with Gasteiger partial charge in [-0.25, -0.2) is 0 Å². The van der Waals surface area contributed by atoms with Crippen molar-refractivity contribution in [2.75, 3.05) is 0 Å². The molecule has 1 aromatic rings. The van der Waals surface area contributed by atoms with Crippen molar-refractivity contribution in [1.82, 2.24) is 0 Å². The third-order valence-corrected chi connectivity index (χ3v) is 3.50. The second-order valence-corrected chi connectivity index (χ2v) is 5.57. The predicted octanol–water partition coefficient (Wildman–Crippen LogP) is 5.59. The summed E-state index contributed by atoms with van der Waals surface area (Å²) in [4.78, 5) is 0. The number of halogens is 4. The van der Waals surface area contributed by atoms with E-state index in [-0.39, 0.29) is 17.6 Å². The normalized spacial score (nSPS) is 12.3. The molecule has 0 fully saturated rings. The average Bonchev–Trinajstić information content (AvgIpc) is 2.17. The predicted molar refractivity (Wildman–Crippen MR) is 69.0 cm³/mol. The van der Waals surface area contributed by atoms with Crippen LogP contribution in [0.2, 0.25) is 0 Å². The Kier molecular flexibility index (Phi) is 4.70. The topological polar surface area (TPSA) is 9.23 Å². The molecule has 0 aromatic heterocycles. The summed E-state index contributed by atoms with van der Waals surface area (Å²) in [6.07, 6.45) is -4.66. The Hall–Kier alpha value is -0.710. The van der Waals surface area contributed by atoms with E-state index >= 15 is 0 Å². The Morgan fingerprint density at radius 2 is 1.39 bits per heavy atom. The molecule has 0 spiro atoms. The molecule has 0 aliphatic rings. The third-order valence-electron chi connectivity index (χ3n) is 2.58. The largest absolute Gasteiger partial charge is 0.573 e. The van der Waals surface area contributed by atoms with E-state index in [1.807, 2.05) is 27.7 Å². The summed E-state index contributed by atoms with van der Waals surface area (Å²) in [6, 6.07) is 2.88. The van der Waals surface area contributed by atoms with Crippen LogP contribution in [0.25, 0.3) is 0 Å². The van der Waals surface area contributed by atoms with Gasteiger partial charge in [-0.3, -0.25) is 0 Å². The first kappa shape index (κ1) is 15.3. The van der Waals surface area contributed by atoms with Gasteiger partial charge < -0.3 is 4.74 Å². The van der Waals surface area contributed by atoms with Gasteiger partial charge in [0.25, 0.3) is 0 Å². The lowest BCUT2D eigenvalue weighted by Crippen LogP contribution is -2.17. The highest BCUT2D eigenvalue weighted by Gasteiger charge is 2.31. The molecule has 0 unspecified atom stereocenters. The van der Waals surface area contributed by atoms with Crippen LogP contribution in [-0.2, 0) is 0 Å². The number of benzene rings is 1. The van der Waals surface area contributed by atoms with Gasteiger partial charge in [-0.15, -0.1) is 13.2 Å². The Bertz CT molecular complexity index is 396. The minimum absolute atomic E-state index is 0.119. The maximum atomic E-state index is 12.3. The summed E-state index contributed by atoms with van der Waals surface area (Å²) < 4.78 is 41.7. The van der Waals surface area contributed by atoms with Crippen LogP contribution in [0.3, 0.4) is 0 Å². The number of rotatable bonds is 3. The molecule has 0 aliphatic heterocycles. The maximum absolute atomic E-state index is 12.3. The zero-order valence-corrected chi connectivity index (χ0v) is 12.3. The molecule has 18 heavy (non-hydrogen) atoms. The van der Waals surface area contributed by atoms with Gasteiger partial charge in [-0.2, -0.15) is 0 Å². The van der Waals surface area contributed by atoms with Crippen LogP contribution in [-0.4, -0.2) is 6.36 Å². The standard InChI is InChI=1S/C13H16BrF3O/c1-7(2)10-5-9(18-13(15,16)17)6-11(8(3)4)12(10)14/h5-8H,1-4H3. The van der Waals surface area contributed by atoms with E-state index in [2.05, 4.69) is 20.7 Å². The number of alkyl halides is 3. The first-order valence-electron chi connectivity index (χ1n) is 5.71. The van der Waals surface area contributed by atoms with Crippen molar-refractivity contribution in [2.24, 2.45) is 0 Å². The highest BCUT2D eigenvalue weighted by molar-refractivity contribution is 9.10. The lowest BCUT2D eigenvalue weighted by Gasteiger charge is -2.18. The number of hydrogen-bond donors (Lipinski definition) is 0. The van der Waals surface area contributed by atoms with Gasteiger partial charge in [0, 0.05) is 4.47 Å². The van der Waals surface area contributed by atoms with Crippen molar-refractivity contribution in [1.29, 1.82) is 0 Å². The fraction of sp³-hybridized carbons (Fsp3) is 0.538. The minimum Gasteiger partial charge on any atom is -0.406 e. The summed E-state index contributed by atoms with van der Waals surface area (Å²) in [6.45, 7) is 7.73. The fourth-order valence-corrected chi connectivity index (χ4v) is 2.82. The van der Waals surface area contributed by atoms with Gasteiger partial charge >= 0.3 is 6.36 Å². The third kappa shape index (κ3) is 3.90. The molecule has 102 valence electrons. The first-order chi connectivity index (χ1) is 8.11. The molecule has 0 saturated heterocycles. The molecule has 0 atom stereocenters. The molecule has 0 heterocycles. The van der Waals surface area contributed by atoms with E-state index in [4.69, 9.17) is 0 Å². The average molecular weight is 325 g/mol. The second kappa shape index (κ2) is 5.51. The Balaban J connectivity index is 3.29. The summed E-state index contributed by atoms with van der Waals surface area (Å²) in [5.74, 6) is 0.0837. The Morgan fingerprint density at radius 3 is 1.67 bits per heavy atom. The SMILES string of the molecule is CC(C)c1cc(OC(F)(F)F)cc(C(C)C)c1Br. The van der Waals surface area contributed by atoms with Gasteiger partial charge in [-0.1, -0.05) is 43.6 Å². The molecule has 1 aromatic carbocycles. The lowest BCUT2D eigenvalue weighted by molar-refractivity contribution is -0.274. The van der Waals surface area contributed by atoms with E-state index in [9.17, 15) is 13.2 Å². The highest BCUT2D eigenvalue weighted by atomic mass is 79.9. The van der Waals surface area contributed by atoms with Crippen LogP contribution in [0.15, 0.2) is 16.6 Å². The summed E-state index contributed by atoms with van der Waals surface area (Å²) in [7, 11) is 0. The molecule has 5 heteroatoms. The van der Waals surface area contributed by atoms with Crippen LogP contribution in [0, 0.1) is 0 Å². The van der Waals surface area contributed by atoms with Crippen molar-refractivity contribution < 1.29 is 17.9 Å². The first-order valence-corrected chi connectivity index (χ1v) is 6.50. The molecular weight excluding hydrogens is 309 g/mol. The summed E-state index contributed by atoms with van der Waals surface area (Å²) in [5, 5.41) is 0. The molecule has 0 bridgehead atoms. The van der Waals surface area contributed by atoms with Crippen LogP contribution < -0.4 is 4.74 Å². The van der Waals surface area contributed by atoms with Crippen molar-refractivity contribution in [3.05, 3.63) is 27.7 Å². The minimum atomic E-state index is -4.66. The molecule has 1 nitrogen and oxygen atoms in total. The molecule has 0 saturated carbocycles. The molecule has 0 radical (unpaired) electrons. The molecule has 0 N–H and O–H groups in total. The van der Waals surface area contributed by atoms with Gasteiger partial charge in [0.05, 0.1) is 0 Å². The second-order valence-electron chi connectivity index (χ2n) is 4.77. The molecule has 1 rings (SSSR count). The molecule has 0 aliphatic carbocycles. The van der Waals surface area contributed by atoms with Crippen LogP contribution in [0.4, 0.5) is 13.2 Å². The van der Waals surface area contributed by atoms with Crippen molar-refractivity contribution >= 4 is 15.9 Å². The van der Waals surface area contributed by atoms with E-state index in [1.54, 1.807) is 0 Å². The maximum Gasteiger partial charge on any atom is 0.573 e. The van der Waals surface area contributed by atoms with Crippen LogP contribution in [0.5, 0.6) is 5.75 Å². The fourth-order valence-electron chi connectivity index (χ4n) is 1.67. The summed E-state index contributed by atoms with van der Waals surface area (Å²) >= 11 is 3.46. The van der Waals surface area contributed by atoms with Gasteiger partial charge in [-0.05, 0) is 35.1 Å². The van der Waals surface area contributed by atoms with Gasteiger partial charge in [0.1, 0.15) is 5.75 Å². The van der Waals surface area contributed by atoms with E-state index in [0.29, 0.717) is 0 Å². The smallest absolute Gasteiger partial charge is 0.406 e. The zero-order valence-electron chi connectivity index (χ0n) is 10.7. The summed E-state index contributed by atoms with van der Waals surface area (Å²) in [5.41, 5.74) is 1.64. The highest BCUT2D eigenvalue weighted by Crippen LogP contribution is 2.37. The zero-order chi connectivity index (χ0) is 14.1. The van der Waals surface area contributed by atoms with Gasteiger partial charge in [0.2, 0.25) is 0 Å².